The Bertz CT molecular complexity index is 135. The van der Waals surface area contributed by atoms with Crippen LogP contribution in [-0.2, 0) is 0 Å². The van der Waals surface area contributed by atoms with Crippen LogP contribution in [-0.4, -0.2) is 34.5 Å². The number of hydrogen-bond acceptors (Lipinski definition) is 3. The smallest absolute Gasteiger partial charge is 0.198 e. The molecule has 0 aromatic rings. The molecule has 1 heterocycles. The second-order valence-electron chi connectivity index (χ2n) is 1.95. The van der Waals surface area contributed by atoms with E-state index in [0.717, 1.165) is 0 Å². The molecule has 0 radical (unpaired) electrons. The Morgan fingerprint density at radius 1 is 1.33 bits per heavy atom. The fourth-order valence-electron chi connectivity index (χ4n) is 0.593. The van der Waals surface area contributed by atoms with Crippen LogP contribution in [0.3, 0.4) is 0 Å². The fraction of sp³-hybridized carbons (Fsp3) is 0.400. The summed E-state index contributed by atoms with van der Waals surface area (Å²) in [6, 6.07) is 0. The lowest BCUT2D eigenvalue weighted by molar-refractivity contribution is -0.823. The van der Waals surface area contributed by atoms with Crippen LogP contribution in [0.5, 0.6) is 0 Å². The molecule has 0 aromatic carbocycles. The summed E-state index contributed by atoms with van der Waals surface area (Å²) in [5.74, 6) is 0. The van der Waals surface area contributed by atoms with Gasteiger partial charge in [-0.05, 0) is 0 Å². The molecule has 0 saturated carbocycles. The molecule has 9 heavy (non-hydrogen) atoms. The van der Waals surface area contributed by atoms with Crippen molar-refractivity contribution < 1.29 is 14.7 Å². The van der Waals surface area contributed by atoms with Gasteiger partial charge in [-0.2, -0.15) is 0 Å². The summed E-state index contributed by atoms with van der Waals surface area (Å²) in [6.45, 7) is -0.285. The van der Waals surface area contributed by atoms with Crippen LogP contribution in [0.1, 0.15) is 0 Å². The number of aliphatic imine (C=N–C) groups is 1. The normalized spacial score (nSPS) is 21.1. The van der Waals surface area contributed by atoms with Crippen molar-refractivity contribution in [2.45, 2.75) is 0 Å². The first-order chi connectivity index (χ1) is 4.33. The number of hydrogen-bond donors (Lipinski definition) is 2. The third kappa shape index (κ3) is 0.999. The standard InChI is InChI=1S/C5H9N2O2/c8-4-7(5-9)2-1-6-3-7/h1-3,8-9H,4-5H2/q+1. The van der Waals surface area contributed by atoms with Crippen LogP contribution in [0.25, 0.3) is 0 Å². The van der Waals surface area contributed by atoms with Crippen molar-refractivity contribution in [1.29, 1.82) is 0 Å². The lowest BCUT2D eigenvalue weighted by Crippen LogP contribution is -2.41. The third-order valence-electron chi connectivity index (χ3n) is 1.27. The van der Waals surface area contributed by atoms with E-state index in [2.05, 4.69) is 4.99 Å². The highest BCUT2D eigenvalue weighted by Crippen LogP contribution is 2.06. The highest BCUT2D eigenvalue weighted by atomic mass is 16.3. The van der Waals surface area contributed by atoms with Crippen molar-refractivity contribution in [2.75, 3.05) is 13.5 Å². The molecular formula is C5H9N2O2+. The maximum Gasteiger partial charge on any atom is 0.198 e. The van der Waals surface area contributed by atoms with Gasteiger partial charge in [-0.3, -0.25) is 0 Å². The molecule has 0 unspecified atom stereocenters. The molecule has 0 bridgehead atoms. The van der Waals surface area contributed by atoms with Gasteiger partial charge in [0.05, 0.1) is 6.20 Å². The van der Waals surface area contributed by atoms with Crippen molar-refractivity contribution >= 4 is 6.34 Å². The fourth-order valence-corrected chi connectivity index (χ4v) is 0.593. The summed E-state index contributed by atoms with van der Waals surface area (Å²) in [5.41, 5.74) is 0. The van der Waals surface area contributed by atoms with Gasteiger partial charge in [0.25, 0.3) is 0 Å². The Morgan fingerprint density at radius 2 is 2.00 bits per heavy atom. The topological polar surface area (TPSA) is 52.8 Å². The number of aliphatic hydroxyl groups is 2. The van der Waals surface area contributed by atoms with E-state index in [-0.39, 0.29) is 17.9 Å². The maximum atomic E-state index is 8.69. The zero-order valence-electron chi connectivity index (χ0n) is 4.94. The molecule has 0 saturated heterocycles. The molecular weight excluding hydrogens is 120 g/mol. The summed E-state index contributed by atoms with van der Waals surface area (Å²) in [6.07, 6.45) is 4.66. The van der Waals surface area contributed by atoms with Gasteiger partial charge in [0.15, 0.2) is 19.8 Å². The molecule has 0 spiro atoms. The predicted octanol–water partition coefficient (Wildman–Crippen LogP) is -0.784. The van der Waals surface area contributed by atoms with E-state index < -0.39 is 0 Å². The van der Waals surface area contributed by atoms with Gasteiger partial charge >= 0.3 is 0 Å². The Kier molecular flexibility index (Phi) is 1.61. The summed E-state index contributed by atoms with van der Waals surface area (Å²) in [4.78, 5) is 3.73. The first-order valence-electron chi connectivity index (χ1n) is 2.63. The van der Waals surface area contributed by atoms with Crippen molar-refractivity contribution in [3.05, 3.63) is 12.4 Å². The van der Waals surface area contributed by atoms with Gasteiger partial charge in [-0.15, -0.1) is 0 Å². The SMILES string of the molecule is OC[N+]1(CO)C=CN=C1. The minimum Gasteiger partial charge on any atom is -0.346 e. The second kappa shape index (κ2) is 2.26. The van der Waals surface area contributed by atoms with E-state index in [0.29, 0.717) is 0 Å². The molecule has 1 aliphatic rings. The number of rotatable bonds is 2. The van der Waals surface area contributed by atoms with E-state index in [1.807, 2.05) is 0 Å². The summed E-state index contributed by atoms with van der Waals surface area (Å²) in [5, 5.41) is 17.4. The zero-order valence-corrected chi connectivity index (χ0v) is 4.94. The van der Waals surface area contributed by atoms with E-state index >= 15 is 0 Å². The van der Waals surface area contributed by atoms with E-state index in [1.54, 1.807) is 12.4 Å². The zero-order chi connectivity index (χ0) is 6.74. The quantitative estimate of drug-likeness (QED) is 0.480. The molecule has 0 amide bonds. The third-order valence-corrected chi connectivity index (χ3v) is 1.27. The summed E-state index contributed by atoms with van der Waals surface area (Å²) in [7, 11) is 0. The highest BCUT2D eigenvalue weighted by molar-refractivity contribution is 5.50. The van der Waals surface area contributed by atoms with E-state index in [9.17, 15) is 0 Å². The van der Waals surface area contributed by atoms with Crippen LogP contribution in [0.15, 0.2) is 17.4 Å². The molecule has 2 N–H and O–H groups in total. The molecule has 0 atom stereocenters. The van der Waals surface area contributed by atoms with Crippen molar-refractivity contribution in [2.24, 2.45) is 4.99 Å². The van der Waals surface area contributed by atoms with Crippen LogP contribution in [0.2, 0.25) is 0 Å². The van der Waals surface area contributed by atoms with Gasteiger partial charge in [0.1, 0.15) is 6.20 Å². The average molecular weight is 129 g/mol. The minimum atomic E-state index is -0.142. The molecule has 1 aliphatic heterocycles. The maximum absolute atomic E-state index is 8.69. The predicted molar refractivity (Wildman–Crippen MR) is 32.1 cm³/mol. The highest BCUT2D eigenvalue weighted by Gasteiger charge is 2.22. The average Bonchev–Trinajstić information content (AvgIpc) is 2.36. The van der Waals surface area contributed by atoms with Crippen molar-refractivity contribution in [1.82, 2.24) is 0 Å². The molecule has 0 aliphatic carbocycles. The van der Waals surface area contributed by atoms with Gasteiger partial charge in [-0.25, -0.2) is 9.48 Å². The lowest BCUT2D eigenvalue weighted by atomic mass is 10.6. The summed E-state index contributed by atoms with van der Waals surface area (Å²) >= 11 is 0. The molecule has 50 valence electrons. The Hall–Kier alpha value is -0.710. The number of nitrogens with zero attached hydrogens (tertiary/aromatic N) is 2. The molecule has 0 aromatic heterocycles. The van der Waals surface area contributed by atoms with E-state index in [1.165, 1.54) is 6.34 Å². The van der Waals surface area contributed by atoms with Gasteiger partial charge in [0.2, 0.25) is 0 Å². The molecule has 0 fully saturated rings. The molecule has 4 heteroatoms. The van der Waals surface area contributed by atoms with Crippen LogP contribution >= 0.6 is 0 Å². The van der Waals surface area contributed by atoms with E-state index in [4.69, 9.17) is 10.2 Å². The van der Waals surface area contributed by atoms with Gasteiger partial charge in [-0.1, -0.05) is 0 Å². The summed E-state index contributed by atoms with van der Waals surface area (Å²) < 4.78 is 0.0278. The minimum absolute atomic E-state index is 0.0278. The Labute approximate surface area is 53.0 Å². The molecule has 1 rings (SSSR count). The largest absolute Gasteiger partial charge is 0.346 e. The van der Waals surface area contributed by atoms with Crippen molar-refractivity contribution in [3.63, 3.8) is 0 Å². The van der Waals surface area contributed by atoms with Crippen LogP contribution < -0.4 is 0 Å². The molecule has 4 nitrogen and oxygen atoms in total. The Morgan fingerprint density at radius 3 is 2.22 bits per heavy atom. The first-order valence-corrected chi connectivity index (χ1v) is 2.63. The Balaban J connectivity index is 2.69. The second-order valence-corrected chi connectivity index (χ2v) is 1.95. The van der Waals surface area contributed by atoms with Crippen LogP contribution in [0, 0.1) is 0 Å². The van der Waals surface area contributed by atoms with Crippen molar-refractivity contribution in [3.8, 4) is 0 Å². The number of quaternary nitrogens is 1. The van der Waals surface area contributed by atoms with Gasteiger partial charge < -0.3 is 10.2 Å². The monoisotopic (exact) mass is 129 g/mol. The van der Waals surface area contributed by atoms with Gasteiger partial charge in [0, 0.05) is 0 Å². The number of aliphatic hydroxyl groups excluding tert-OH is 2. The first kappa shape index (κ1) is 6.41. The van der Waals surface area contributed by atoms with Crippen LogP contribution in [0.4, 0.5) is 0 Å². The lowest BCUT2D eigenvalue weighted by Gasteiger charge is -2.20.